The lowest BCUT2D eigenvalue weighted by Crippen LogP contribution is -2.36. The van der Waals surface area contributed by atoms with Crippen molar-refractivity contribution in [2.75, 3.05) is 19.6 Å². The number of aliphatic hydroxyl groups excluding tert-OH is 1. The van der Waals surface area contributed by atoms with E-state index in [-0.39, 0.29) is 13.1 Å². The molecule has 0 fully saturated rings. The van der Waals surface area contributed by atoms with Gasteiger partial charge < -0.3 is 5.11 Å². The average Bonchev–Trinajstić information content (AvgIpc) is 2.44. The summed E-state index contributed by atoms with van der Waals surface area (Å²) in [4.78, 5) is 1.19. The normalized spacial score (nSPS) is 13.8. The summed E-state index contributed by atoms with van der Waals surface area (Å²) in [6.07, 6.45) is -5.18. The largest absolute Gasteiger partial charge is 0.401 e. The highest BCUT2D eigenvalue weighted by atomic mass is 19.4. The number of hydrogen-bond donors (Lipinski definition) is 1. The van der Waals surface area contributed by atoms with Gasteiger partial charge in [0.25, 0.3) is 0 Å². The van der Waals surface area contributed by atoms with Crippen molar-refractivity contribution in [3.8, 4) is 0 Å². The summed E-state index contributed by atoms with van der Waals surface area (Å²) in [5, 5.41) is 12.2. The molecule has 0 saturated heterocycles. The molecular weight excluding hydrogens is 279 g/mol. The Morgan fingerprint density at radius 2 is 1.76 bits per heavy atom. The van der Waals surface area contributed by atoms with Gasteiger partial charge in [-0.05, 0) is 28.9 Å². The molecular formula is C16H18F3NO. The highest BCUT2D eigenvalue weighted by molar-refractivity contribution is 5.83. The van der Waals surface area contributed by atoms with Crippen LogP contribution in [-0.2, 0) is 0 Å². The van der Waals surface area contributed by atoms with Crippen molar-refractivity contribution in [1.29, 1.82) is 0 Å². The van der Waals surface area contributed by atoms with Crippen molar-refractivity contribution in [2.24, 2.45) is 0 Å². The topological polar surface area (TPSA) is 23.5 Å². The third-order valence-electron chi connectivity index (χ3n) is 3.44. The highest BCUT2D eigenvalue weighted by Gasteiger charge is 2.30. The van der Waals surface area contributed by atoms with Crippen LogP contribution in [0.3, 0.4) is 0 Å². The van der Waals surface area contributed by atoms with Crippen LogP contribution in [0.2, 0.25) is 0 Å². The Kier molecular flexibility index (Phi) is 4.85. The summed E-state index contributed by atoms with van der Waals surface area (Å²) < 4.78 is 37.3. The van der Waals surface area contributed by atoms with Gasteiger partial charge in [-0.1, -0.05) is 43.3 Å². The van der Waals surface area contributed by atoms with E-state index in [1.165, 1.54) is 4.90 Å². The lowest BCUT2D eigenvalue weighted by Gasteiger charge is -2.24. The molecule has 0 aliphatic rings. The number of hydrogen-bond acceptors (Lipinski definition) is 2. The molecule has 0 saturated carbocycles. The fourth-order valence-electron chi connectivity index (χ4n) is 2.32. The molecule has 0 heterocycles. The standard InChI is InChI=1S/C16H18F3NO/c1-2-20(11-16(17,18)19)10-15(21)14-8-7-12-5-3-4-6-13(12)9-14/h3-9,15,21H,2,10-11H2,1H3. The smallest absolute Gasteiger partial charge is 0.387 e. The maximum Gasteiger partial charge on any atom is 0.401 e. The number of fused-ring (bicyclic) bond motifs is 1. The summed E-state index contributed by atoms with van der Waals surface area (Å²) >= 11 is 0. The molecule has 1 atom stereocenters. The van der Waals surface area contributed by atoms with Crippen LogP contribution >= 0.6 is 0 Å². The minimum absolute atomic E-state index is 0.0334. The second kappa shape index (κ2) is 6.45. The van der Waals surface area contributed by atoms with Crippen molar-refractivity contribution in [3.63, 3.8) is 0 Å². The van der Waals surface area contributed by atoms with Gasteiger partial charge in [-0.2, -0.15) is 13.2 Å². The molecule has 1 N–H and O–H groups in total. The molecule has 0 bridgehead atoms. The number of likely N-dealkylation sites (N-methyl/N-ethyl adjacent to an activating group) is 1. The highest BCUT2D eigenvalue weighted by Crippen LogP contribution is 2.23. The quantitative estimate of drug-likeness (QED) is 0.908. The average molecular weight is 297 g/mol. The summed E-state index contributed by atoms with van der Waals surface area (Å²) in [7, 11) is 0. The Balaban J connectivity index is 2.11. The first kappa shape index (κ1) is 15.8. The van der Waals surface area contributed by atoms with Crippen LogP contribution in [0.25, 0.3) is 10.8 Å². The summed E-state index contributed by atoms with van der Waals surface area (Å²) in [6.45, 7) is 0.853. The monoisotopic (exact) mass is 297 g/mol. The van der Waals surface area contributed by atoms with Crippen LogP contribution in [0.1, 0.15) is 18.6 Å². The van der Waals surface area contributed by atoms with Crippen molar-refractivity contribution in [1.82, 2.24) is 4.90 Å². The number of halogens is 3. The molecule has 0 aliphatic heterocycles. The maximum absolute atomic E-state index is 12.4. The predicted molar refractivity (Wildman–Crippen MR) is 77.1 cm³/mol. The summed E-state index contributed by atoms with van der Waals surface area (Å²) in [5.41, 5.74) is 0.634. The van der Waals surface area contributed by atoms with Gasteiger partial charge >= 0.3 is 6.18 Å². The van der Waals surface area contributed by atoms with Gasteiger partial charge in [-0.25, -0.2) is 0 Å². The molecule has 0 aromatic heterocycles. The Bertz CT molecular complexity index is 597. The van der Waals surface area contributed by atoms with Crippen LogP contribution in [0.15, 0.2) is 42.5 Å². The molecule has 0 amide bonds. The van der Waals surface area contributed by atoms with E-state index >= 15 is 0 Å². The van der Waals surface area contributed by atoms with Crippen LogP contribution < -0.4 is 0 Å². The molecule has 114 valence electrons. The van der Waals surface area contributed by atoms with Crippen LogP contribution in [0.4, 0.5) is 13.2 Å². The maximum atomic E-state index is 12.4. The second-order valence-electron chi connectivity index (χ2n) is 5.07. The van der Waals surface area contributed by atoms with Crippen molar-refractivity contribution in [3.05, 3.63) is 48.0 Å². The van der Waals surface area contributed by atoms with Gasteiger partial charge in [0.05, 0.1) is 12.6 Å². The van der Waals surface area contributed by atoms with E-state index in [1.54, 1.807) is 13.0 Å². The van der Waals surface area contributed by atoms with Crippen molar-refractivity contribution in [2.45, 2.75) is 19.2 Å². The molecule has 0 aliphatic carbocycles. The minimum Gasteiger partial charge on any atom is -0.387 e. The van der Waals surface area contributed by atoms with Gasteiger partial charge in [0.1, 0.15) is 0 Å². The number of benzene rings is 2. The zero-order valence-corrected chi connectivity index (χ0v) is 11.8. The summed E-state index contributed by atoms with van der Waals surface area (Å²) in [5.74, 6) is 0. The lowest BCUT2D eigenvalue weighted by molar-refractivity contribution is -0.148. The van der Waals surface area contributed by atoms with E-state index in [0.29, 0.717) is 5.56 Å². The van der Waals surface area contributed by atoms with Gasteiger partial charge in [-0.15, -0.1) is 0 Å². The molecule has 2 nitrogen and oxygen atoms in total. The van der Waals surface area contributed by atoms with Crippen molar-refractivity contribution >= 4 is 10.8 Å². The summed E-state index contributed by atoms with van der Waals surface area (Å²) in [6, 6.07) is 13.1. The first-order valence-corrected chi connectivity index (χ1v) is 6.85. The van der Waals surface area contributed by atoms with Gasteiger partial charge in [0.15, 0.2) is 0 Å². The van der Waals surface area contributed by atoms with Gasteiger partial charge in [-0.3, -0.25) is 4.90 Å². The Hall–Kier alpha value is -1.59. The molecule has 21 heavy (non-hydrogen) atoms. The van der Waals surface area contributed by atoms with Crippen LogP contribution in [0, 0.1) is 0 Å². The van der Waals surface area contributed by atoms with E-state index < -0.39 is 18.8 Å². The first-order valence-electron chi connectivity index (χ1n) is 6.85. The third-order valence-corrected chi connectivity index (χ3v) is 3.44. The number of aliphatic hydroxyl groups is 1. The van der Waals surface area contributed by atoms with E-state index in [0.717, 1.165) is 10.8 Å². The molecule has 1 unspecified atom stereocenters. The van der Waals surface area contributed by atoms with E-state index in [9.17, 15) is 18.3 Å². The fourth-order valence-corrected chi connectivity index (χ4v) is 2.32. The number of alkyl halides is 3. The molecule has 2 aromatic rings. The SMILES string of the molecule is CCN(CC(O)c1ccc2ccccc2c1)CC(F)(F)F. The number of nitrogens with zero attached hydrogens (tertiary/aromatic N) is 1. The van der Waals surface area contributed by atoms with Gasteiger partial charge in [0.2, 0.25) is 0 Å². The molecule has 0 spiro atoms. The Labute approximate surface area is 121 Å². The van der Waals surface area contributed by atoms with E-state index in [2.05, 4.69) is 0 Å². The number of rotatable bonds is 5. The van der Waals surface area contributed by atoms with Crippen molar-refractivity contribution < 1.29 is 18.3 Å². The van der Waals surface area contributed by atoms with Crippen LogP contribution in [0.5, 0.6) is 0 Å². The minimum atomic E-state index is -4.25. The fraction of sp³-hybridized carbons (Fsp3) is 0.375. The second-order valence-corrected chi connectivity index (χ2v) is 5.07. The molecule has 2 rings (SSSR count). The van der Waals surface area contributed by atoms with Crippen LogP contribution in [-0.4, -0.2) is 35.8 Å². The van der Waals surface area contributed by atoms with Gasteiger partial charge in [0, 0.05) is 6.54 Å². The molecule has 0 radical (unpaired) electrons. The van der Waals surface area contributed by atoms with E-state index in [4.69, 9.17) is 0 Å². The Morgan fingerprint density at radius 3 is 2.38 bits per heavy atom. The first-order chi connectivity index (χ1) is 9.89. The van der Waals surface area contributed by atoms with E-state index in [1.807, 2.05) is 36.4 Å². The lowest BCUT2D eigenvalue weighted by atomic mass is 10.0. The third kappa shape index (κ3) is 4.44. The zero-order chi connectivity index (χ0) is 15.5. The molecule has 2 aromatic carbocycles. The Morgan fingerprint density at radius 1 is 1.10 bits per heavy atom. The molecule has 5 heteroatoms. The zero-order valence-electron chi connectivity index (χ0n) is 11.8. The predicted octanol–water partition coefficient (Wildman–Crippen LogP) is 3.76.